The summed E-state index contributed by atoms with van der Waals surface area (Å²) in [5.41, 5.74) is 4.79. The van der Waals surface area contributed by atoms with Crippen LogP contribution in [0, 0.1) is 20.8 Å². The predicted octanol–water partition coefficient (Wildman–Crippen LogP) is 2.49. The minimum absolute atomic E-state index is 1.10. The van der Waals surface area contributed by atoms with Gasteiger partial charge in [-0.25, -0.2) is 0 Å². The van der Waals surface area contributed by atoms with Gasteiger partial charge in [0.2, 0.25) is 0 Å². The van der Waals surface area contributed by atoms with Crippen molar-refractivity contribution < 1.29 is 0 Å². The quantitative estimate of drug-likeness (QED) is 0.630. The van der Waals surface area contributed by atoms with Gasteiger partial charge in [-0.1, -0.05) is 11.6 Å². The van der Waals surface area contributed by atoms with Crippen molar-refractivity contribution in [2.45, 2.75) is 20.8 Å². The Bertz CT molecular complexity index is 427. The Labute approximate surface area is 71.6 Å². The molecule has 0 fully saturated rings. The maximum atomic E-state index is 4.23. The van der Waals surface area contributed by atoms with Crippen molar-refractivity contribution in [2.24, 2.45) is 0 Å². The molecule has 0 amide bonds. The van der Waals surface area contributed by atoms with Gasteiger partial charge in [-0.05, 0) is 32.4 Å². The van der Waals surface area contributed by atoms with Gasteiger partial charge in [-0.15, -0.1) is 0 Å². The first-order valence-electron chi connectivity index (χ1n) is 4.10. The summed E-state index contributed by atoms with van der Waals surface area (Å²) in [5, 5.41) is 8.47. The zero-order valence-electron chi connectivity index (χ0n) is 7.60. The van der Waals surface area contributed by atoms with Gasteiger partial charge in [0.15, 0.2) is 0 Å². The molecule has 0 bridgehead atoms. The van der Waals surface area contributed by atoms with Crippen molar-refractivity contribution >= 4 is 10.9 Å². The maximum absolute atomic E-state index is 4.23. The number of H-pyrrole nitrogens is 1. The highest BCUT2D eigenvalue weighted by atomic mass is 15.1. The molecule has 1 heterocycles. The lowest BCUT2D eigenvalue weighted by Gasteiger charge is -1.97. The lowest BCUT2D eigenvalue weighted by molar-refractivity contribution is 1.06. The van der Waals surface area contributed by atoms with Crippen molar-refractivity contribution in [3.63, 3.8) is 0 Å². The second kappa shape index (κ2) is 2.34. The number of rotatable bonds is 0. The molecule has 0 aliphatic rings. The molecule has 0 saturated heterocycles. The van der Waals surface area contributed by atoms with E-state index in [0.717, 1.165) is 11.2 Å². The van der Waals surface area contributed by atoms with Crippen LogP contribution in [0.2, 0.25) is 0 Å². The largest absolute Gasteiger partial charge is 0.282 e. The third-order valence-electron chi connectivity index (χ3n) is 2.18. The summed E-state index contributed by atoms with van der Waals surface area (Å²) in [6, 6.07) is 4.32. The van der Waals surface area contributed by atoms with Gasteiger partial charge in [0.25, 0.3) is 0 Å². The number of benzene rings is 1. The molecule has 1 aromatic heterocycles. The second-order valence-electron chi connectivity index (χ2n) is 3.33. The molecule has 62 valence electrons. The Morgan fingerprint density at radius 2 is 1.92 bits per heavy atom. The SMILES string of the molecule is Cc1cc(C)c2n[nH]c(C)c2c1. The smallest absolute Gasteiger partial charge is 0.0952 e. The highest BCUT2D eigenvalue weighted by molar-refractivity contribution is 5.84. The number of nitrogens with zero attached hydrogens (tertiary/aromatic N) is 1. The molecule has 1 N–H and O–H groups in total. The first-order valence-corrected chi connectivity index (χ1v) is 4.10. The van der Waals surface area contributed by atoms with Crippen molar-refractivity contribution in [2.75, 3.05) is 0 Å². The highest BCUT2D eigenvalue weighted by Crippen LogP contribution is 2.20. The van der Waals surface area contributed by atoms with Crippen LogP contribution in [0.3, 0.4) is 0 Å². The Hall–Kier alpha value is -1.31. The minimum Gasteiger partial charge on any atom is -0.282 e. The summed E-state index contributed by atoms with van der Waals surface area (Å²) >= 11 is 0. The van der Waals surface area contributed by atoms with E-state index in [0.29, 0.717) is 0 Å². The van der Waals surface area contributed by atoms with Gasteiger partial charge in [0.05, 0.1) is 5.52 Å². The molecule has 0 aliphatic heterocycles. The summed E-state index contributed by atoms with van der Waals surface area (Å²) in [6.45, 7) is 6.25. The first kappa shape index (κ1) is 7.35. The van der Waals surface area contributed by atoms with Gasteiger partial charge in [0, 0.05) is 11.1 Å². The van der Waals surface area contributed by atoms with E-state index in [4.69, 9.17) is 0 Å². The zero-order chi connectivity index (χ0) is 8.72. The summed E-state index contributed by atoms with van der Waals surface area (Å²) < 4.78 is 0. The van der Waals surface area contributed by atoms with Gasteiger partial charge in [-0.3, -0.25) is 5.10 Å². The third-order valence-corrected chi connectivity index (χ3v) is 2.18. The van der Waals surface area contributed by atoms with E-state index in [-0.39, 0.29) is 0 Å². The summed E-state index contributed by atoms with van der Waals surface area (Å²) in [6.07, 6.45) is 0. The van der Waals surface area contributed by atoms with E-state index in [1.165, 1.54) is 16.5 Å². The van der Waals surface area contributed by atoms with Gasteiger partial charge in [-0.2, -0.15) is 5.10 Å². The molecule has 1 aromatic carbocycles. The Balaban J connectivity index is 2.92. The van der Waals surface area contributed by atoms with E-state index >= 15 is 0 Å². The number of aryl methyl sites for hydroxylation is 3. The van der Waals surface area contributed by atoms with Crippen LogP contribution in [0.1, 0.15) is 16.8 Å². The van der Waals surface area contributed by atoms with E-state index in [2.05, 4.69) is 36.2 Å². The molecule has 2 aromatic rings. The molecule has 2 nitrogen and oxygen atoms in total. The number of aromatic nitrogens is 2. The van der Waals surface area contributed by atoms with E-state index in [1.54, 1.807) is 0 Å². The van der Waals surface area contributed by atoms with Crippen LogP contribution in [-0.4, -0.2) is 10.2 Å². The number of aromatic amines is 1. The average molecular weight is 160 g/mol. The fourth-order valence-corrected chi connectivity index (χ4v) is 1.59. The fourth-order valence-electron chi connectivity index (χ4n) is 1.59. The van der Waals surface area contributed by atoms with E-state index < -0.39 is 0 Å². The molecule has 0 radical (unpaired) electrons. The second-order valence-corrected chi connectivity index (χ2v) is 3.33. The Morgan fingerprint density at radius 1 is 1.17 bits per heavy atom. The van der Waals surface area contributed by atoms with Gasteiger partial charge >= 0.3 is 0 Å². The third kappa shape index (κ3) is 0.916. The van der Waals surface area contributed by atoms with Crippen LogP contribution in [0.15, 0.2) is 12.1 Å². The van der Waals surface area contributed by atoms with Crippen LogP contribution in [0.5, 0.6) is 0 Å². The Morgan fingerprint density at radius 3 is 2.67 bits per heavy atom. The lowest BCUT2D eigenvalue weighted by atomic mass is 10.1. The van der Waals surface area contributed by atoms with Crippen molar-refractivity contribution in [1.29, 1.82) is 0 Å². The number of hydrogen-bond donors (Lipinski definition) is 1. The van der Waals surface area contributed by atoms with Crippen LogP contribution in [-0.2, 0) is 0 Å². The minimum atomic E-state index is 1.10. The monoisotopic (exact) mass is 160 g/mol. The molecule has 0 spiro atoms. The molecular formula is C10H12N2. The van der Waals surface area contributed by atoms with Crippen molar-refractivity contribution in [1.82, 2.24) is 10.2 Å². The summed E-state index contributed by atoms with van der Waals surface area (Å²) in [4.78, 5) is 0. The molecule has 2 heteroatoms. The molecule has 0 saturated carbocycles. The van der Waals surface area contributed by atoms with Crippen molar-refractivity contribution in [3.05, 3.63) is 29.0 Å². The van der Waals surface area contributed by atoms with E-state index in [9.17, 15) is 0 Å². The zero-order valence-corrected chi connectivity index (χ0v) is 7.60. The molecule has 0 unspecified atom stereocenters. The number of fused-ring (bicyclic) bond motifs is 1. The molecule has 0 atom stereocenters. The summed E-state index contributed by atoms with van der Waals surface area (Å²) in [5.74, 6) is 0. The normalized spacial score (nSPS) is 10.9. The van der Waals surface area contributed by atoms with Gasteiger partial charge < -0.3 is 0 Å². The molecule has 0 aliphatic carbocycles. The standard InChI is InChI=1S/C10H12N2/c1-6-4-7(2)10-9(5-6)8(3)11-12-10/h4-5H,1-3H3,(H,11,12). The maximum Gasteiger partial charge on any atom is 0.0952 e. The fraction of sp³-hybridized carbons (Fsp3) is 0.300. The first-order chi connectivity index (χ1) is 5.68. The van der Waals surface area contributed by atoms with E-state index in [1.807, 2.05) is 6.92 Å². The van der Waals surface area contributed by atoms with Crippen LogP contribution >= 0.6 is 0 Å². The summed E-state index contributed by atoms with van der Waals surface area (Å²) in [7, 11) is 0. The predicted molar refractivity (Wildman–Crippen MR) is 50.3 cm³/mol. The average Bonchev–Trinajstić information content (AvgIpc) is 2.33. The molecule has 12 heavy (non-hydrogen) atoms. The Kier molecular flexibility index (Phi) is 1.43. The lowest BCUT2D eigenvalue weighted by Crippen LogP contribution is -1.79. The van der Waals surface area contributed by atoms with Crippen molar-refractivity contribution in [3.8, 4) is 0 Å². The number of hydrogen-bond acceptors (Lipinski definition) is 1. The van der Waals surface area contributed by atoms with Crippen LogP contribution < -0.4 is 0 Å². The molecule has 2 rings (SSSR count). The van der Waals surface area contributed by atoms with Gasteiger partial charge in [0.1, 0.15) is 0 Å². The molecular weight excluding hydrogens is 148 g/mol. The number of nitrogens with one attached hydrogen (secondary N) is 1. The highest BCUT2D eigenvalue weighted by Gasteiger charge is 2.03. The van der Waals surface area contributed by atoms with Crippen LogP contribution in [0.4, 0.5) is 0 Å². The van der Waals surface area contributed by atoms with Crippen LogP contribution in [0.25, 0.3) is 10.9 Å². The topological polar surface area (TPSA) is 28.7 Å².